The number of rotatable bonds is 4. The number of hydrogen-bond donors (Lipinski definition) is 0. The van der Waals surface area contributed by atoms with E-state index in [0.717, 1.165) is 28.7 Å². The van der Waals surface area contributed by atoms with E-state index in [4.69, 9.17) is 16.3 Å². The minimum atomic E-state index is 0.447. The zero-order valence-electron chi connectivity index (χ0n) is 10.1. The van der Waals surface area contributed by atoms with Crippen LogP contribution in [0, 0.1) is 0 Å². The molecule has 0 spiro atoms. The zero-order valence-corrected chi connectivity index (χ0v) is 12.5. The van der Waals surface area contributed by atoms with Crippen LogP contribution in [0.2, 0.25) is 5.15 Å². The fourth-order valence-corrected chi connectivity index (χ4v) is 2.19. The average Bonchev–Trinajstić information content (AvgIpc) is 3.22. The van der Waals surface area contributed by atoms with Gasteiger partial charge in [0.15, 0.2) is 0 Å². The van der Waals surface area contributed by atoms with Crippen LogP contribution in [0.3, 0.4) is 0 Å². The molecule has 1 aliphatic rings. The van der Waals surface area contributed by atoms with Gasteiger partial charge in [0.2, 0.25) is 5.88 Å². The normalized spacial score (nSPS) is 14.4. The first-order valence-corrected chi connectivity index (χ1v) is 7.29. The molecule has 1 aliphatic carbocycles. The van der Waals surface area contributed by atoms with Crippen LogP contribution in [0.15, 0.2) is 34.8 Å². The van der Waals surface area contributed by atoms with Crippen molar-refractivity contribution in [2.45, 2.75) is 25.4 Å². The Morgan fingerprint density at radius 3 is 2.63 bits per heavy atom. The van der Waals surface area contributed by atoms with Crippen LogP contribution in [0.5, 0.6) is 5.88 Å². The maximum Gasteiger partial charge on any atom is 0.218 e. The Kier molecular flexibility index (Phi) is 3.71. The minimum Gasteiger partial charge on any atom is -0.473 e. The topological polar surface area (TPSA) is 35.0 Å². The molecule has 0 atom stereocenters. The molecule has 3 nitrogen and oxygen atoms in total. The second kappa shape index (κ2) is 5.47. The molecule has 1 heterocycles. The molecule has 0 saturated heterocycles. The van der Waals surface area contributed by atoms with E-state index in [9.17, 15) is 0 Å². The third-order valence-corrected chi connectivity index (χ3v) is 3.65. The lowest BCUT2D eigenvalue weighted by Gasteiger charge is -2.07. The summed E-state index contributed by atoms with van der Waals surface area (Å²) < 4.78 is 6.73. The van der Waals surface area contributed by atoms with Crippen LogP contribution in [0.1, 0.15) is 30.1 Å². The van der Waals surface area contributed by atoms with Gasteiger partial charge in [-0.15, -0.1) is 0 Å². The second-order valence-electron chi connectivity index (χ2n) is 4.58. The van der Waals surface area contributed by atoms with Crippen molar-refractivity contribution < 1.29 is 4.74 Å². The second-order valence-corrected chi connectivity index (χ2v) is 5.88. The smallest absolute Gasteiger partial charge is 0.218 e. The number of aromatic nitrogens is 2. The van der Waals surface area contributed by atoms with Gasteiger partial charge in [0, 0.05) is 16.5 Å². The largest absolute Gasteiger partial charge is 0.473 e. The number of benzene rings is 1. The number of ether oxygens (including phenoxy) is 1. The molecule has 3 rings (SSSR count). The molecule has 0 bridgehead atoms. The molecule has 1 aromatic carbocycles. The number of nitrogens with zero attached hydrogens (tertiary/aromatic N) is 2. The molecular formula is C14H12BrClN2O. The summed E-state index contributed by atoms with van der Waals surface area (Å²) in [6.45, 7) is 0.477. The van der Waals surface area contributed by atoms with Gasteiger partial charge in [-0.2, -0.15) is 4.98 Å². The first-order valence-electron chi connectivity index (χ1n) is 6.12. The quantitative estimate of drug-likeness (QED) is 0.777. The molecule has 0 radical (unpaired) electrons. The van der Waals surface area contributed by atoms with E-state index in [1.165, 1.54) is 0 Å². The van der Waals surface area contributed by atoms with E-state index in [2.05, 4.69) is 25.9 Å². The molecule has 5 heteroatoms. The molecule has 0 aliphatic heterocycles. The molecule has 0 unspecified atom stereocenters. The highest BCUT2D eigenvalue weighted by Gasteiger charge is 2.27. The van der Waals surface area contributed by atoms with Crippen molar-refractivity contribution in [3.05, 3.63) is 51.3 Å². The van der Waals surface area contributed by atoms with Crippen molar-refractivity contribution >= 4 is 27.5 Å². The van der Waals surface area contributed by atoms with Gasteiger partial charge >= 0.3 is 0 Å². The van der Waals surface area contributed by atoms with Crippen molar-refractivity contribution in [2.75, 3.05) is 0 Å². The van der Waals surface area contributed by atoms with E-state index < -0.39 is 0 Å². The van der Waals surface area contributed by atoms with Crippen molar-refractivity contribution in [1.29, 1.82) is 0 Å². The van der Waals surface area contributed by atoms with Gasteiger partial charge in [-0.05, 0) is 30.5 Å². The summed E-state index contributed by atoms with van der Waals surface area (Å²) in [6.07, 6.45) is 2.29. The van der Waals surface area contributed by atoms with Gasteiger partial charge < -0.3 is 4.74 Å². The van der Waals surface area contributed by atoms with Crippen molar-refractivity contribution in [3.63, 3.8) is 0 Å². The van der Waals surface area contributed by atoms with Crippen LogP contribution >= 0.6 is 27.5 Å². The van der Waals surface area contributed by atoms with Gasteiger partial charge in [0.1, 0.15) is 17.6 Å². The fraction of sp³-hybridized carbons (Fsp3) is 0.286. The molecule has 0 amide bonds. The lowest BCUT2D eigenvalue weighted by atomic mass is 10.2. The molecule has 98 valence electrons. The van der Waals surface area contributed by atoms with Crippen LogP contribution in [-0.2, 0) is 6.61 Å². The Bertz CT molecular complexity index is 584. The van der Waals surface area contributed by atoms with Gasteiger partial charge in [0.25, 0.3) is 0 Å². The summed E-state index contributed by atoms with van der Waals surface area (Å²) in [5, 5.41) is 0.447. The summed E-state index contributed by atoms with van der Waals surface area (Å²) in [6, 6.07) is 9.65. The predicted octanol–water partition coefficient (Wildman–Crippen LogP) is 4.35. The van der Waals surface area contributed by atoms with Crippen molar-refractivity contribution in [1.82, 2.24) is 9.97 Å². The van der Waals surface area contributed by atoms with E-state index in [1.807, 2.05) is 24.3 Å². The Labute approximate surface area is 125 Å². The first kappa shape index (κ1) is 12.9. The SMILES string of the molecule is Clc1cc(OCc2ccc(Br)cc2)nc(C2CC2)n1. The molecular weight excluding hydrogens is 328 g/mol. The first-order chi connectivity index (χ1) is 9.20. The van der Waals surface area contributed by atoms with E-state index in [-0.39, 0.29) is 0 Å². The Morgan fingerprint density at radius 1 is 1.21 bits per heavy atom. The van der Waals surface area contributed by atoms with Crippen molar-refractivity contribution in [2.24, 2.45) is 0 Å². The zero-order chi connectivity index (χ0) is 13.2. The molecule has 2 aromatic rings. The fourth-order valence-electron chi connectivity index (χ4n) is 1.75. The van der Waals surface area contributed by atoms with E-state index in [0.29, 0.717) is 23.6 Å². The van der Waals surface area contributed by atoms with E-state index in [1.54, 1.807) is 6.07 Å². The molecule has 1 saturated carbocycles. The highest BCUT2D eigenvalue weighted by atomic mass is 79.9. The lowest BCUT2D eigenvalue weighted by molar-refractivity contribution is 0.292. The van der Waals surface area contributed by atoms with Gasteiger partial charge in [-0.1, -0.05) is 39.7 Å². The van der Waals surface area contributed by atoms with Gasteiger partial charge in [0.05, 0.1) is 0 Å². The highest BCUT2D eigenvalue weighted by molar-refractivity contribution is 9.10. The molecule has 19 heavy (non-hydrogen) atoms. The standard InChI is InChI=1S/C14H12BrClN2O/c15-11-5-1-9(2-6-11)8-19-13-7-12(16)17-14(18-13)10-3-4-10/h1-2,5-7,10H,3-4,8H2. The van der Waals surface area contributed by atoms with E-state index >= 15 is 0 Å². The summed E-state index contributed by atoms with van der Waals surface area (Å²) in [5.41, 5.74) is 1.09. The lowest BCUT2D eigenvalue weighted by Crippen LogP contribution is -2.00. The van der Waals surface area contributed by atoms with Crippen LogP contribution < -0.4 is 4.74 Å². The van der Waals surface area contributed by atoms with Crippen LogP contribution in [-0.4, -0.2) is 9.97 Å². The minimum absolute atomic E-state index is 0.447. The molecule has 1 aromatic heterocycles. The van der Waals surface area contributed by atoms with Crippen LogP contribution in [0.25, 0.3) is 0 Å². The van der Waals surface area contributed by atoms with Gasteiger partial charge in [-0.25, -0.2) is 4.98 Å². The maximum atomic E-state index is 5.99. The third-order valence-electron chi connectivity index (χ3n) is 2.93. The third kappa shape index (κ3) is 3.45. The monoisotopic (exact) mass is 338 g/mol. The summed E-state index contributed by atoms with van der Waals surface area (Å²) >= 11 is 9.39. The number of hydrogen-bond acceptors (Lipinski definition) is 3. The molecule has 1 fully saturated rings. The van der Waals surface area contributed by atoms with Gasteiger partial charge in [-0.3, -0.25) is 0 Å². The highest BCUT2D eigenvalue weighted by Crippen LogP contribution is 2.39. The Balaban J connectivity index is 1.70. The summed E-state index contributed by atoms with van der Waals surface area (Å²) in [4.78, 5) is 8.63. The summed E-state index contributed by atoms with van der Waals surface area (Å²) in [7, 11) is 0. The summed E-state index contributed by atoms with van der Waals surface area (Å²) in [5.74, 6) is 1.82. The average molecular weight is 340 g/mol. The Hall–Kier alpha value is -1.13. The van der Waals surface area contributed by atoms with Crippen molar-refractivity contribution in [3.8, 4) is 5.88 Å². The molecule has 0 N–H and O–H groups in total. The Morgan fingerprint density at radius 2 is 1.95 bits per heavy atom. The number of halogens is 2. The van der Waals surface area contributed by atoms with Crippen LogP contribution in [0.4, 0.5) is 0 Å². The predicted molar refractivity (Wildman–Crippen MR) is 77.5 cm³/mol. The maximum absolute atomic E-state index is 5.99.